The third-order valence-corrected chi connectivity index (χ3v) is 3.20. The lowest BCUT2D eigenvalue weighted by molar-refractivity contribution is -0.384. The number of nitrogens with one attached hydrogen (secondary N) is 1. The van der Waals surface area contributed by atoms with Crippen LogP contribution in [0.2, 0.25) is 0 Å². The van der Waals surface area contributed by atoms with Crippen molar-refractivity contribution in [1.82, 2.24) is 20.1 Å². The van der Waals surface area contributed by atoms with E-state index in [1.165, 1.54) is 35.5 Å². The van der Waals surface area contributed by atoms with Gasteiger partial charge >= 0.3 is 5.97 Å². The molecule has 0 aliphatic heterocycles. The van der Waals surface area contributed by atoms with Gasteiger partial charge in [-0.3, -0.25) is 19.7 Å². The van der Waals surface area contributed by atoms with E-state index in [2.05, 4.69) is 15.4 Å². The van der Waals surface area contributed by atoms with E-state index < -0.39 is 16.8 Å². The van der Waals surface area contributed by atoms with Gasteiger partial charge in [-0.2, -0.15) is 5.10 Å². The number of benzene rings is 1. The number of amides is 1. The molecule has 0 fully saturated rings. The molecule has 0 spiro atoms. The fraction of sp³-hybridized carbons (Fsp3) is 0.286. The minimum absolute atomic E-state index is 0.0357. The maximum absolute atomic E-state index is 12.0. The Balaban J connectivity index is 2.05. The van der Waals surface area contributed by atoms with Gasteiger partial charge in [0.2, 0.25) is 0 Å². The number of carboxylic acid groups (broad SMARTS) is 1. The van der Waals surface area contributed by atoms with Crippen molar-refractivity contribution < 1.29 is 19.6 Å². The first-order valence-corrected chi connectivity index (χ1v) is 7.12. The molecule has 1 aromatic heterocycles. The van der Waals surface area contributed by atoms with Crippen molar-refractivity contribution in [1.29, 1.82) is 0 Å². The number of aliphatic carboxylic acids is 1. The highest BCUT2D eigenvalue weighted by Gasteiger charge is 2.19. The molecule has 2 aromatic rings. The summed E-state index contributed by atoms with van der Waals surface area (Å²) >= 11 is 0. The highest BCUT2D eigenvalue weighted by atomic mass is 16.6. The van der Waals surface area contributed by atoms with E-state index in [0.717, 1.165) is 0 Å². The lowest BCUT2D eigenvalue weighted by Crippen LogP contribution is -2.24. The number of nitrogens with zero attached hydrogens (tertiary/aromatic N) is 4. The van der Waals surface area contributed by atoms with E-state index >= 15 is 0 Å². The Bertz CT molecular complexity index is 744. The normalized spacial score (nSPS) is 10.3. The number of nitro groups is 1. The maximum Gasteiger partial charge on any atom is 0.303 e. The molecule has 0 unspecified atom stereocenters. The number of carboxylic acids is 1. The summed E-state index contributed by atoms with van der Waals surface area (Å²) < 4.78 is 1.24. The van der Waals surface area contributed by atoms with Gasteiger partial charge in [0.25, 0.3) is 11.6 Å². The molecule has 0 radical (unpaired) electrons. The molecule has 0 saturated carbocycles. The topological polar surface area (TPSA) is 140 Å². The summed E-state index contributed by atoms with van der Waals surface area (Å²) in [4.78, 5) is 36.8. The summed E-state index contributed by atoms with van der Waals surface area (Å²) in [6.45, 7) is 0.296. The van der Waals surface area contributed by atoms with E-state index in [0.29, 0.717) is 19.4 Å². The van der Waals surface area contributed by atoms with E-state index in [1.54, 1.807) is 0 Å². The second-order valence-corrected chi connectivity index (χ2v) is 4.91. The molecule has 126 valence electrons. The first-order chi connectivity index (χ1) is 11.5. The Morgan fingerprint density at radius 2 is 2.12 bits per heavy atom. The average Bonchev–Trinajstić information content (AvgIpc) is 3.07. The van der Waals surface area contributed by atoms with Crippen LogP contribution in [-0.2, 0) is 4.79 Å². The van der Waals surface area contributed by atoms with E-state index in [9.17, 15) is 19.7 Å². The molecule has 2 rings (SSSR count). The standard InChI is InChI=1S/C14H15N5O5/c20-13(21)3-1-2-6-16-14(22)10-4-5-11(12(7-10)19(23)24)18-9-15-8-17-18/h4-5,7-9H,1-3,6H2,(H,16,22)(H,20,21). The van der Waals surface area contributed by atoms with Crippen molar-refractivity contribution in [3.63, 3.8) is 0 Å². The van der Waals surface area contributed by atoms with Gasteiger partial charge in [0.15, 0.2) is 0 Å². The average molecular weight is 333 g/mol. The van der Waals surface area contributed by atoms with Crippen LogP contribution in [0.25, 0.3) is 5.69 Å². The summed E-state index contributed by atoms with van der Waals surface area (Å²) in [5.41, 5.74) is 0.0818. The highest BCUT2D eigenvalue weighted by Crippen LogP contribution is 2.23. The van der Waals surface area contributed by atoms with Crippen LogP contribution in [0.4, 0.5) is 5.69 Å². The van der Waals surface area contributed by atoms with Crippen molar-refractivity contribution in [3.05, 3.63) is 46.5 Å². The Morgan fingerprint density at radius 3 is 2.75 bits per heavy atom. The molecule has 0 atom stereocenters. The quantitative estimate of drug-likeness (QED) is 0.419. The largest absolute Gasteiger partial charge is 0.481 e. The fourth-order valence-corrected chi connectivity index (χ4v) is 2.04. The van der Waals surface area contributed by atoms with E-state index in [1.807, 2.05) is 0 Å². The molecular formula is C14H15N5O5. The monoisotopic (exact) mass is 333 g/mol. The van der Waals surface area contributed by atoms with Crippen molar-refractivity contribution in [2.45, 2.75) is 19.3 Å². The zero-order chi connectivity index (χ0) is 17.5. The van der Waals surface area contributed by atoms with Crippen molar-refractivity contribution in [2.75, 3.05) is 6.54 Å². The number of nitro benzene ring substituents is 1. The summed E-state index contributed by atoms with van der Waals surface area (Å²) in [6.07, 6.45) is 3.57. The molecule has 24 heavy (non-hydrogen) atoms. The van der Waals surface area contributed by atoms with Crippen molar-refractivity contribution >= 4 is 17.6 Å². The Hall–Kier alpha value is -3.30. The minimum Gasteiger partial charge on any atom is -0.481 e. The highest BCUT2D eigenvalue weighted by molar-refractivity contribution is 5.95. The number of hydrogen-bond acceptors (Lipinski definition) is 6. The number of carbonyl (C=O) groups excluding carboxylic acids is 1. The van der Waals surface area contributed by atoms with Gasteiger partial charge in [0, 0.05) is 24.6 Å². The Labute approximate surface area is 136 Å². The zero-order valence-corrected chi connectivity index (χ0v) is 12.6. The van der Waals surface area contributed by atoms with Crippen LogP contribution in [0.5, 0.6) is 0 Å². The predicted molar refractivity (Wildman–Crippen MR) is 81.8 cm³/mol. The lowest BCUT2D eigenvalue weighted by Gasteiger charge is -2.07. The first-order valence-electron chi connectivity index (χ1n) is 7.12. The molecule has 0 bridgehead atoms. The van der Waals surface area contributed by atoms with Crippen LogP contribution < -0.4 is 5.32 Å². The lowest BCUT2D eigenvalue weighted by atomic mass is 10.1. The van der Waals surface area contributed by atoms with Gasteiger partial charge in [0.1, 0.15) is 18.3 Å². The van der Waals surface area contributed by atoms with Crippen LogP contribution in [0.1, 0.15) is 29.6 Å². The minimum atomic E-state index is -0.888. The molecule has 1 heterocycles. The fourth-order valence-electron chi connectivity index (χ4n) is 2.04. The van der Waals surface area contributed by atoms with E-state index in [-0.39, 0.29) is 23.4 Å². The van der Waals surface area contributed by atoms with Gasteiger partial charge in [-0.05, 0) is 25.0 Å². The van der Waals surface area contributed by atoms with Gasteiger partial charge in [0.05, 0.1) is 4.92 Å². The van der Waals surface area contributed by atoms with Crippen LogP contribution in [0.3, 0.4) is 0 Å². The third kappa shape index (κ3) is 4.35. The number of carbonyl (C=O) groups is 2. The molecule has 0 aliphatic carbocycles. The zero-order valence-electron chi connectivity index (χ0n) is 12.6. The Kier molecular flexibility index (Phi) is 5.55. The molecule has 1 amide bonds. The van der Waals surface area contributed by atoms with Gasteiger partial charge in [-0.1, -0.05) is 0 Å². The molecule has 10 nitrogen and oxygen atoms in total. The first kappa shape index (κ1) is 17.1. The molecule has 10 heteroatoms. The predicted octanol–water partition coefficient (Wildman–Crippen LogP) is 1.16. The summed E-state index contributed by atoms with van der Waals surface area (Å²) in [6, 6.07) is 4.05. The van der Waals surface area contributed by atoms with Crippen molar-refractivity contribution in [2.24, 2.45) is 0 Å². The van der Waals surface area contributed by atoms with Crippen molar-refractivity contribution in [3.8, 4) is 5.69 Å². The summed E-state index contributed by atoms with van der Waals surface area (Å²) in [7, 11) is 0. The number of rotatable bonds is 8. The SMILES string of the molecule is O=C(O)CCCCNC(=O)c1ccc(-n2cncn2)c([N+](=O)[O-])c1. The molecule has 1 aromatic carbocycles. The number of hydrogen-bond donors (Lipinski definition) is 2. The summed E-state index contributed by atoms with van der Waals surface area (Å²) in [5.74, 6) is -1.35. The number of aromatic nitrogens is 3. The van der Waals surface area contributed by atoms with Gasteiger partial charge in [-0.25, -0.2) is 9.67 Å². The van der Waals surface area contributed by atoms with Crippen LogP contribution in [-0.4, -0.2) is 43.2 Å². The van der Waals surface area contributed by atoms with Crippen LogP contribution >= 0.6 is 0 Å². The van der Waals surface area contributed by atoms with E-state index in [4.69, 9.17) is 5.11 Å². The second kappa shape index (κ2) is 7.81. The number of unbranched alkanes of at least 4 members (excludes halogenated alkanes) is 1. The smallest absolute Gasteiger partial charge is 0.303 e. The second-order valence-electron chi connectivity index (χ2n) is 4.91. The molecule has 0 saturated heterocycles. The maximum atomic E-state index is 12.0. The van der Waals surface area contributed by atoms with Gasteiger partial charge in [-0.15, -0.1) is 0 Å². The van der Waals surface area contributed by atoms with Crippen LogP contribution in [0.15, 0.2) is 30.9 Å². The third-order valence-electron chi connectivity index (χ3n) is 3.20. The molecule has 0 aliphatic rings. The Morgan fingerprint density at radius 1 is 1.33 bits per heavy atom. The molecule has 2 N–H and O–H groups in total. The summed E-state index contributed by atoms with van der Waals surface area (Å²) in [5, 5.41) is 26.2. The molecular weight excluding hydrogens is 318 g/mol. The van der Waals surface area contributed by atoms with Crippen LogP contribution in [0, 0.1) is 10.1 Å². The van der Waals surface area contributed by atoms with Gasteiger partial charge < -0.3 is 10.4 Å².